The predicted molar refractivity (Wildman–Crippen MR) is 55.2 cm³/mol. The number of nitrogens with zero attached hydrogens (tertiary/aromatic N) is 3. The molecule has 68 valence electrons. The molecule has 0 aliphatic rings. The van der Waals surface area contributed by atoms with E-state index in [1.807, 2.05) is 42.5 Å². The van der Waals surface area contributed by atoms with Crippen LogP contribution >= 0.6 is 0 Å². The molecule has 0 atom stereocenters. The highest BCUT2D eigenvalue weighted by Gasteiger charge is 1.87. The Kier molecular flexibility index (Phi) is 2.62. The van der Waals surface area contributed by atoms with Crippen molar-refractivity contribution in [3.63, 3.8) is 0 Å². The molecule has 0 aromatic carbocycles. The van der Waals surface area contributed by atoms with Crippen molar-refractivity contribution in [2.75, 3.05) is 0 Å². The van der Waals surface area contributed by atoms with E-state index in [2.05, 4.69) is 15.2 Å². The number of aromatic nitrogens is 3. The molecule has 0 aliphatic heterocycles. The molecule has 0 bridgehead atoms. The van der Waals surface area contributed by atoms with Crippen molar-refractivity contribution >= 4 is 12.2 Å². The van der Waals surface area contributed by atoms with Gasteiger partial charge in [-0.25, -0.2) is 0 Å². The van der Waals surface area contributed by atoms with Crippen molar-refractivity contribution in [2.24, 2.45) is 0 Å². The molecule has 2 heterocycles. The Bertz CT molecular complexity index is 368. The van der Waals surface area contributed by atoms with E-state index in [-0.39, 0.29) is 0 Å². The maximum absolute atomic E-state index is 4.16. The maximum Gasteiger partial charge on any atom is 0.0858 e. The SMILES string of the molecule is C(=C\c1cccnn1)/c1ccccn1. The van der Waals surface area contributed by atoms with Crippen LogP contribution in [0.2, 0.25) is 0 Å². The predicted octanol–water partition coefficient (Wildman–Crippen LogP) is 2.04. The highest BCUT2D eigenvalue weighted by atomic mass is 15.1. The van der Waals surface area contributed by atoms with Crippen LogP contribution in [0, 0.1) is 0 Å². The number of rotatable bonds is 2. The van der Waals surface area contributed by atoms with E-state index in [0.29, 0.717) is 0 Å². The largest absolute Gasteiger partial charge is 0.257 e. The van der Waals surface area contributed by atoms with Crippen LogP contribution in [-0.2, 0) is 0 Å². The Hall–Kier alpha value is -2.03. The lowest BCUT2D eigenvalue weighted by atomic mass is 10.3. The zero-order chi connectivity index (χ0) is 9.64. The van der Waals surface area contributed by atoms with Crippen molar-refractivity contribution in [3.05, 3.63) is 54.1 Å². The third-order valence-corrected chi connectivity index (χ3v) is 1.71. The summed E-state index contributed by atoms with van der Waals surface area (Å²) >= 11 is 0. The molecule has 14 heavy (non-hydrogen) atoms. The van der Waals surface area contributed by atoms with Gasteiger partial charge in [0.25, 0.3) is 0 Å². The topological polar surface area (TPSA) is 38.7 Å². The van der Waals surface area contributed by atoms with Crippen molar-refractivity contribution < 1.29 is 0 Å². The van der Waals surface area contributed by atoms with Crippen LogP contribution in [0.1, 0.15) is 11.4 Å². The first-order valence-corrected chi connectivity index (χ1v) is 4.32. The normalized spacial score (nSPS) is 10.6. The summed E-state index contributed by atoms with van der Waals surface area (Å²) in [6, 6.07) is 9.52. The Balaban J connectivity index is 2.16. The van der Waals surface area contributed by atoms with E-state index in [1.165, 1.54) is 0 Å². The molecule has 3 heteroatoms. The highest BCUT2D eigenvalue weighted by molar-refractivity contribution is 5.65. The van der Waals surface area contributed by atoms with E-state index in [0.717, 1.165) is 11.4 Å². The molecule has 0 saturated heterocycles. The lowest BCUT2D eigenvalue weighted by Gasteiger charge is -1.90. The van der Waals surface area contributed by atoms with Gasteiger partial charge in [0.15, 0.2) is 0 Å². The van der Waals surface area contributed by atoms with Gasteiger partial charge in [0.2, 0.25) is 0 Å². The zero-order valence-corrected chi connectivity index (χ0v) is 7.54. The minimum Gasteiger partial charge on any atom is -0.257 e. The Morgan fingerprint density at radius 2 is 1.71 bits per heavy atom. The van der Waals surface area contributed by atoms with Crippen LogP contribution in [0.25, 0.3) is 12.2 Å². The Labute approximate surface area is 82.2 Å². The maximum atomic E-state index is 4.16. The number of pyridine rings is 1. The second kappa shape index (κ2) is 4.28. The van der Waals surface area contributed by atoms with Gasteiger partial charge in [-0.2, -0.15) is 10.2 Å². The minimum absolute atomic E-state index is 0.832. The van der Waals surface area contributed by atoms with E-state index >= 15 is 0 Å². The summed E-state index contributed by atoms with van der Waals surface area (Å²) in [6.45, 7) is 0. The summed E-state index contributed by atoms with van der Waals surface area (Å²) in [7, 11) is 0. The average Bonchev–Trinajstić information content (AvgIpc) is 2.29. The quantitative estimate of drug-likeness (QED) is 0.715. The lowest BCUT2D eigenvalue weighted by molar-refractivity contribution is 1.02. The van der Waals surface area contributed by atoms with Gasteiger partial charge in [0.1, 0.15) is 0 Å². The average molecular weight is 183 g/mol. The molecule has 0 saturated carbocycles. The van der Waals surface area contributed by atoms with Gasteiger partial charge in [0, 0.05) is 12.4 Å². The molecular formula is C11H9N3. The second-order valence-corrected chi connectivity index (χ2v) is 2.74. The van der Waals surface area contributed by atoms with E-state index < -0.39 is 0 Å². The van der Waals surface area contributed by atoms with Crippen molar-refractivity contribution in [3.8, 4) is 0 Å². The summed E-state index contributed by atoms with van der Waals surface area (Å²) in [6.07, 6.45) is 7.20. The first-order valence-electron chi connectivity index (χ1n) is 4.32. The minimum atomic E-state index is 0.832. The first-order chi connectivity index (χ1) is 6.95. The van der Waals surface area contributed by atoms with Crippen LogP contribution in [0.15, 0.2) is 42.7 Å². The fraction of sp³-hybridized carbons (Fsp3) is 0. The van der Waals surface area contributed by atoms with E-state index in [4.69, 9.17) is 0 Å². The van der Waals surface area contributed by atoms with Crippen molar-refractivity contribution in [2.45, 2.75) is 0 Å². The van der Waals surface area contributed by atoms with Crippen molar-refractivity contribution in [1.29, 1.82) is 0 Å². The van der Waals surface area contributed by atoms with Gasteiger partial charge < -0.3 is 0 Å². The number of hydrogen-bond acceptors (Lipinski definition) is 3. The summed E-state index contributed by atoms with van der Waals surface area (Å²) in [5.41, 5.74) is 1.75. The lowest BCUT2D eigenvalue weighted by Crippen LogP contribution is -1.82. The molecule has 2 rings (SSSR count). The van der Waals surface area contributed by atoms with E-state index in [9.17, 15) is 0 Å². The van der Waals surface area contributed by atoms with Gasteiger partial charge in [-0.3, -0.25) is 4.98 Å². The smallest absolute Gasteiger partial charge is 0.0858 e. The van der Waals surface area contributed by atoms with Crippen LogP contribution in [0.3, 0.4) is 0 Å². The third kappa shape index (κ3) is 2.23. The van der Waals surface area contributed by atoms with E-state index in [1.54, 1.807) is 12.4 Å². The molecule has 0 N–H and O–H groups in total. The van der Waals surface area contributed by atoms with Gasteiger partial charge >= 0.3 is 0 Å². The summed E-state index contributed by atoms with van der Waals surface area (Å²) in [5.74, 6) is 0. The van der Waals surface area contributed by atoms with Gasteiger partial charge in [-0.05, 0) is 36.4 Å². The fourth-order valence-electron chi connectivity index (χ4n) is 1.05. The Morgan fingerprint density at radius 1 is 0.857 bits per heavy atom. The second-order valence-electron chi connectivity index (χ2n) is 2.74. The van der Waals surface area contributed by atoms with Crippen LogP contribution in [-0.4, -0.2) is 15.2 Å². The molecule has 3 nitrogen and oxygen atoms in total. The molecule has 0 amide bonds. The molecule has 2 aromatic heterocycles. The molecular weight excluding hydrogens is 174 g/mol. The molecule has 2 aromatic rings. The van der Waals surface area contributed by atoms with Gasteiger partial charge in [0.05, 0.1) is 11.4 Å². The molecule has 0 radical (unpaired) electrons. The number of hydrogen-bond donors (Lipinski definition) is 0. The molecule has 0 spiro atoms. The van der Waals surface area contributed by atoms with Crippen LogP contribution in [0.5, 0.6) is 0 Å². The molecule has 0 unspecified atom stereocenters. The van der Waals surface area contributed by atoms with Crippen LogP contribution < -0.4 is 0 Å². The fourth-order valence-corrected chi connectivity index (χ4v) is 1.05. The summed E-state index contributed by atoms with van der Waals surface area (Å²) in [5, 5.41) is 7.70. The first kappa shape index (κ1) is 8.56. The molecule has 0 fully saturated rings. The Morgan fingerprint density at radius 3 is 2.43 bits per heavy atom. The van der Waals surface area contributed by atoms with Gasteiger partial charge in [-0.1, -0.05) is 6.07 Å². The monoisotopic (exact) mass is 183 g/mol. The highest BCUT2D eigenvalue weighted by Crippen LogP contribution is 2.01. The van der Waals surface area contributed by atoms with Crippen LogP contribution in [0.4, 0.5) is 0 Å². The molecule has 0 aliphatic carbocycles. The summed E-state index contributed by atoms with van der Waals surface area (Å²) in [4.78, 5) is 4.16. The van der Waals surface area contributed by atoms with Gasteiger partial charge in [-0.15, -0.1) is 0 Å². The third-order valence-electron chi connectivity index (χ3n) is 1.71. The zero-order valence-electron chi connectivity index (χ0n) is 7.54. The van der Waals surface area contributed by atoms with Crippen molar-refractivity contribution in [1.82, 2.24) is 15.2 Å². The summed E-state index contributed by atoms with van der Waals surface area (Å²) < 4.78 is 0. The standard InChI is InChI=1S/C11H9N3/c1-2-8-12-10(4-1)6-7-11-5-3-9-13-14-11/h1-9H/b7-6+.